The molecule has 3 rings (SSSR count). The van der Waals surface area contributed by atoms with Crippen molar-refractivity contribution < 1.29 is 14.3 Å². The molecule has 0 saturated heterocycles. The minimum atomic E-state index is -0.898. The minimum Gasteiger partial charge on any atom is -0.386 e. The lowest BCUT2D eigenvalue weighted by Crippen LogP contribution is -2.38. The van der Waals surface area contributed by atoms with E-state index in [0.717, 1.165) is 4.96 Å². The van der Waals surface area contributed by atoms with Crippen molar-refractivity contribution in [1.29, 1.82) is 0 Å². The van der Waals surface area contributed by atoms with Gasteiger partial charge in [-0.2, -0.15) is 0 Å². The number of carbonyl (C=O) groups excluding carboxylic acids is 1. The maximum atomic E-state index is 12.9. The molecule has 2 aromatic heterocycles. The summed E-state index contributed by atoms with van der Waals surface area (Å²) in [6.45, 7) is 1.71. The molecule has 2 unspecified atom stereocenters. The zero-order valence-corrected chi connectivity index (χ0v) is 13.3. The number of nitrogens with zero attached hydrogens (tertiary/aromatic N) is 2. The van der Waals surface area contributed by atoms with Gasteiger partial charge in [-0.1, -0.05) is 12.1 Å². The van der Waals surface area contributed by atoms with E-state index in [4.69, 9.17) is 0 Å². The molecule has 0 aliphatic heterocycles. The van der Waals surface area contributed by atoms with Gasteiger partial charge in [-0.15, -0.1) is 11.3 Å². The van der Waals surface area contributed by atoms with Crippen LogP contribution in [0.15, 0.2) is 42.0 Å². The number of nitrogens with one attached hydrogen (secondary N) is 1. The lowest BCUT2D eigenvalue weighted by Gasteiger charge is -2.20. The quantitative estimate of drug-likeness (QED) is 0.753. The van der Waals surface area contributed by atoms with Crippen molar-refractivity contribution >= 4 is 22.2 Å². The standard InChI is InChI=1S/C16H16FN3O2S/c1-10(15(22)11-2-4-12(17)5-3-11)18-14(21)8-13-9-20-6-7-23-16(20)19-13/h2-7,9-10,15,22H,8H2,1H3,(H,18,21). The van der Waals surface area contributed by atoms with Crippen LogP contribution in [0.4, 0.5) is 4.39 Å². The predicted molar refractivity (Wildman–Crippen MR) is 85.7 cm³/mol. The Kier molecular flexibility index (Phi) is 4.40. The largest absolute Gasteiger partial charge is 0.386 e. The molecule has 0 radical (unpaired) electrons. The number of amides is 1. The van der Waals surface area contributed by atoms with Gasteiger partial charge < -0.3 is 10.4 Å². The lowest BCUT2D eigenvalue weighted by atomic mass is 10.0. The van der Waals surface area contributed by atoms with Crippen LogP contribution < -0.4 is 5.32 Å². The van der Waals surface area contributed by atoms with Gasteiger partial charge in [0, 0.05) is 17.8 Å². The number of aromatic nitrogens is 2. The molecule has 120 valence electrons. The van der Waals surface area contributed by atoms with E-state index in [1.807, 2.05) is 22.2 Å². The highest BCUT2D eigenvalue weighted by atomic mass is 32.1. The molecule has 0 fully saturated rings. The summed E-state index contributed by atoms with van der Waals surface area (Å²) in [6.07, 6.45) is 2.95. The van der Waals surface area contributed by atoms with E-state index in [1.165, 1.54) is 35.6 Å². The molecule has 0 saturated carbocycles. The number of thiazole rings is 1. The minimum absolute atomic E-state index is 0.148. The third-order valence-electron chi connectivity index (χ3n) is 3.56. The molecule has 5 nitrogen and oxygen atoms in total. The van der Waals surface area contributed by atoms with Crippen molar-refractivity contribution in [2.45, 2.75) is 25.5 Å². The van der Waals surface area contributed by atoms with Crippen LogP contribution in [-0.2, 0) is 11.2 Å². The second-order valence-electron chi connectivity index (χ2n) is 5.35. The Morgan fingerprint density at radius 2 is 2.17 bits per heavy atom. The van der Waals surface area contributed by atoms with Crippen LogP contribution in [0.1, 0.15) is 24.3 Å². The molecular formula is C16H16FN3O2S. The summed E-state index contributed by atoms with van der Waals surface area (Å²) in [7, 11) is 0. The molecule has 0 aliphatic rings. The van der Waals surface area contributed by atoms with Gasteiger partial charge in [0.1, 0.15) is 5.82 Å². The summed E-state index contributed by atoms with van der Waals surface area (Å²) in [4.78, 5) is 17.3. The highest BCUT2D eigenvalue weighted by Crippen LogP contribution is 2.17. The third kappa shape index (κ3) is 3.57. The number of aliphatic hydroxyl groups excluding tert-OH is 1. The van der Waals surface area contributed by atoms with E-state index in [0.29, 0.717) is 11.3 Å². The summed E-state index contributed by atoms with van der Waals surface area (Å²) in [6, 6.07) is 5.09. The second-order valence-corrected chi connectivity index (χ2v) is 6.23. The molecule has 2 atom stereocenters. The number of carbonyl (C=O) groups is 1. The Morgan fingerprint density at radius 3 is 2.87 bits per heavy atom. The molecule has 3 aromatic rings. The summed E-state index contributed by atoms with van der Waals surface area (Å²) in [5.74, 6) is -0.582. The number of hydrogen-bond donors (Lipinski definition) is 2. The Balaban J connectivity index is 1.60. The highest BCUT2D eigenvalue weighted by molar-refractivity contribution is 7.15. The second kappa shape index (κ2) is 6.47. The summed E-state index contributed by atoms with van der Waals surface area (Å²) < 4.78 is 14.8. The van der Waals surface area contributed by atoms with Gasteiger partial charge in [-0.05, 0) is 24.6 Å². The monoisotopic (exact) mass is 333 g/mol. The highest BCUT2D eigenvalue weighted by Gasteiger charge is 2.19. The van der Waals surface area contributed by atoms with Gasteiger partial charge in [-0.3, -0.25) is 9.20 Å². The molecular weight excluding hydrogens is 317 g/mol. The molecule has 1 aromatic carbocycles. The van der Waals surface area contributed by atoms with Crippen LogP contribution in [0.2, 0.25) is 0 Å². The lowest BCUT2D eigenvalue weighted by molar-refractivity contribution is -0.121. The maximum Gasteiger partial charge on any atom is 0.226 e. The Labute approximate surface area is 136 Å². The van der Waals surface area contributed by atoms with E-state index in [1.54, 1.807) is 6.92 Å². The van der Waals surface area contributed by atoms with Gasteiger partial charge in [0.05, 0.1) is 24.3 Å². The summed E-state index contributed by atoms with van der Waals surface area (Å²) >= 11 is 1.50. The number of fused-ring (bicyclic) bond motifs is 1. The number of rotatable bonds is 5. The van der Waals surface area contributed by atoms with Gasteiger partial charge in [0.25, 0.3) is 0 Å². The topological polar surface area (TPSA) is 66.6 Å². The number of hydrogen-bond acceptors (Lipinski definition) is 4. The molecule has 7 heteroatoms. The fourth-order valence-corrected chi connectivity index (χ4v) is 3.08. The van der Waals surface area contributed by atoms with Crippen LogP contribution in [0.25, 0.3) is 4.96 Å². The zero-order chi connectivity index (χ0) is 16.4. The summed E-state index contributed by atoms with van der Waals surface area (Å²) in [5, 5.41) is 14.9. The van der Waals surface area contributed by atoms with E-state index >= 15 is 0 Å². The fourth-order valence-electron chi connectivity index (χ4n) is 2.36. The number of halogens is 1. The molecule has 23 heavy (non-hydrogen) atoms. The van der Waals surface area contributed by atoms with Crippen molar-refractivity contribution in [2.75, 3.05) is 0 Å². The first-order chi connectivity index (χ1) is 11.0. The van der Waals surface area contributed by atoms with Crippen molar-refractivity contribution in [1.82, 2.24) is 14.7 Å². The average Bonchev–Trinajstić information content (AvgIpc) is 3.08. The molecule has 1 amide bonds. The number of benzene rings is 1. The molecule has 0 bridgehead atoms. The van der Waals surface area contributed by atoms with E-state index in [9.17, 15) is 14.3 Å². The first-order valence-corrected chi connectivity index (χ1v) is 8.05. The van der Waals surface area contributed by atoms with E-state index in [2.05, 4.69) is 10.3 Å². The van der Waals surface area contributed by atoms with Crippen molar-refractivity contribution in [3.05, 3.63) is 59.1 Å². The van der Waals surface area contributed by atoms with Gasteiger partial charge >= 0.3 is 0 Å². The molecule has 0 aliphatic carbocycles. The van der Waals surface area contributed by atoms with Crippen LogP contribution in [0.3, 0.4) is 0 Å². The molecule has 0 spiro atoms. The number of aliphatic hydroxyl groups is 1. The third-order valence-corrected chi connectivity index (χ3v) is 4.33. The predicted octanol–water partition coefficient (Wildman–Crippen LogP) is 2.32. The average molecular weight is 333 g/mol. The number of imidazole rings is 1. The van der Waals surface area contributed by atoms with Gasteiger partial charge in [0.15, 0.2) is 4.96 Å². The zero-order valence-electron chi connectivity index (χ0n) is 12.4. The van der Waals surface area contributed by atoms with Crippen LogP contribution >= 0.6 is 11.3 Å². The SMILES string of the molecule is CC(NC(=O)Cc1cn2ccsc2n1)C(O)c1ccc(F)cc1. The smallest absolute Gasteiger partial charge is 0.226 e. The van der Waals surface area contributed by atoms with Crippen molar-refractivity contribution in [2.24, 2.45) is 0 Å². The first-order valence-electron chi connectivity index (χ1n) is 7.17. The Morgan fingerprint density at radius 1 is 1.43 bits per heavy atom. The fraction of sp³-hybridized carbons (Fsp3) is 0.250. The van der Waals surface area contributed by atoms with Crippen LogP contribution in [-0.4, -0.2) is 26.4 Å². The van der Waals surface area contributed by atoms with Gasteiger partial charge in [-0.25, -0.2) is 9.37 Å². The molecule has 2 heterocycles. The first kappa shape index (κ1) is 15.6. The van der Waals surface area contributed by atoms with Gasteiger partial charge in [0.2, 0.25) is 5.91 Å². The van der Waals surface area contributed by atoms with Crippen molar-refractivity contribution in [3.8, 4) is 0 Å². The van der Waals surface area contributed by atoms with Crippen molar-refractivity contribution in [3.63, 3.8) is 0 Å². The molecule has 2 N–H and O–H groups in total. The van der Waals surface area contributed by atoms with E-state index < -0.39 is 12.1 Å². The van der Waals surface area contributed by atoms with Crippen LogP contribution in [0.5, 0.6) is 0 Å². The Bertz CT molecular complexity index is 784. The maximum absolute atomic E-state index is 12.9. The van der Waals surface area contributed by atoms with E-state index in [-0.39, 0.29) is 18.1 Å². The Hall–Kier alpha value is -2.25. The summed E-state index contributed by atoms with van der Waals surface area (Å²) in [5.41, 5.74) is 1.24. The van der Waals surface area contributed by atoms with Crippen LogP contribution in [0, 0.1) is 5.82 Å². The normalized spacial score (nSPS) is 13.9.